The number of hydrogen-bond donors (Lipinski definition) is 0. The predicted molar refractivity (Wildman–Crippen MR) is 102 cm³/mol. The van der Waals surface area contributed by atoms with Gasteiger partial charge in [0.1, 0.15) is 11.6 Å². The van der Waals surface area contributed by atoms with Crippen molar-refractivity contribution < 1.29 is 23.4 Å². The first kappa shape index (κ1) is 20.6. The molecule has 0 fully saturated rings. The topological polar surface area (TPSA) is 48.0 Å². The van der Waals surface area contributed by atoms with E-state index in [-0.39, 0.29) is 11.7 Å². The van der Waals surface area contributed by atoms with Gasteiger partial charge in [-0.1, -0.05) is 6.07 Å². The lowest BCUT2D eigenvalue weighted by molar-refractivity contribution is -0.145. The highest BCUT2D eigenvalue weighted by molar-refractivity contribution is 5.84. The van der Waals surface area contributed by atoms with Gasteiger partial charge in [-0.15, -0.1) is 0 Å². The minimum atomic E-state index is -1.09. The first-order valence-electron chi connectivity index (χ1n) is 8.75. The fraction of sp³-hybridized carbons (Fsp3) is 0.381. The number of likely N-dealkylation sites (N-methyl/N-ethyl adjacent to an activating group) is 1. The first-order valence-corrected chi connectivity index (χ1v) is 8.75. The molecule has 27 heavy (non-hydrogen) atoms. The standard InChI is InChI=1S/C21H26FNO4/c1-6-23(14-15-7-12-18(25-4)19(13-15)26-5)20(24)21(2,3)27-17-10-8-16(22)9-11-17/h7-13H,6,14H2,1-5H3. The van der Waals surface area contributed by atoms with Crippen molar-refractivity contribution >= 4 is 5.91 Å². The zero-order valence-electron chi connectivity index (χ0n) is 16.4. The van der Waals surface area contributed by atoms with E-state index in [2.05, 4.69) is 0 Å². The summed E-state index contributed by atoms with van der Waals surface area (Å²) in [5, 5.41) is 0. The number of halogens is 1. The maximum absolute atomic E-state index is 13.1. The molecule has 0 bridgehead atoms. The number of nitrogens with zero attached hydrogens (tertiary/aromatic N) is 1. The van der Waals surface area contributed by atoms with Crippen molar-refractivity contribution in [3.8, 4) is 17.2 Å². The monoisotopic (exact) mass is 375 g/mol. The van der Waals surface area contributed by atoms with Crippen molar-refractivity contribution in [1.29, 1.82) is 0 Å². The number of amides is 1. The smallest absolute Gasteiger partial charge is 0.266 e. The van der Waals surface area contributed by atoms with Crippen molar-refractivity contribution in [2.45, 2.75) is 32.9 Å². The van der Waals surface area contributed by atoms with Gasteiger partial charge in [-0.2, -0.15) is 0 Å². The summed E-state index contributed by atoms with van der Waals surface area (Å²) in [5.74, 6) is 1.17. The zero-order valence-corrected chi connectivity index (χ0v) is 16.4. The molecule has 6 heteroatoms. The molecule has 0 radical (unpaired) electrons. The average Bonchev–Trinajstić information content (AvgIpc) is 2.66. The highest BCUT2D eigenvalue weighted by Gasteiger charge is 2.34. The van der Waals surface area contributed by atoms with E-state index in [1.54, 1.807) is 33.0 Å². The lowest BCUT2D eigenvalue weighted by Gasteiger charge is -2.32. The minimum absolute atomic E-state index is 0.163. The summed E-state index contributed by atoms with van der Waals surface area (Å²) in [6, 6.07) is 11.2. The third kappa shape index (κ3) is 5.12. The third-order valence-electron chi connectivity index (χ3n) is 4.19. The molecule has 2 aromatic rings. The van der Waals surface area contributed by atoms with Crippen molar-refractivity contribution in [2.24, 2.45) is 0 Å². The van der Waals surface area contributed by atoms with E-state index in [9.17, 15) is 9.18 Å². The second kappa shape index (κ2) is 8.75. The summed E-state index contributed by atoms with van der Waals surface area (Å²) in [7, 11) is 3.15. The molecule has 2 rings (SSSR count). The van der Waals surface area contributed by atoms with E-state index < -0.39 is 5.60 Å². The van der Waals surface area contributed by atoms with E-state index in [0.29, 0.717) is 30.3 Å². The molecule has 0 aliphatic heterocycles. The number of hydrogen-bond acceptors (Lipinski definition) is 4. The van der Waals surface area contributed by atoms with Crippen molar-refractivity contribution in [2.75, 3.05) is 20.8 Å². The Labute approximate surface area is 159 Å². The molecule has 0 unspecified atom stereocenters. The highest BCUT2D eigenvalue weighted by Crippen LogP contribution is 2.28. The largest absolute Gasteiger partial charge is 0.493 e. The van der Waals surface area contributed by atoms with Gasteiger partial charge in [0.05, 0.1) is 14.2 Å². The van der Waals surface area contributed by atoms with Crippen LogP contribution in [0.1, 0.15) is 26.3 Å². The Hall–Kier alpha value is -2.76. The molecule has 0 atom stereocenters. The summed E-state index contributed by atoms with van der Waals surface area (Å²) in [4.78, 5) is 14.7. The molecule has 0 heterocycles. The Balaban J connectivity index is 2.15. The molecular formula is C21H26FNO4. The Bertz CT molecular complexity index is 774. The quantitative estimate of drug-likeness (QED) is 0.698. The normalized spacial score (nSPS) is 11.0. The lowest BCUT2D eigenvalue weighted by atomic mass is 10.1. The summed E-state index contributed by atoms with van der Waals surface area (Å²) in [6.45, 7) is 6.24. The number of methoxy groups -OCH3 is 2. The van der Waals surface area contributed by atoms with Crippen molar-refractivity contribution in [3.05, 3.63) is 53.8 Å². The average molecular weight is 375 g/mol. The fourth-order valence-electron chi connectivity index (χ4n) is 2.75. The number of benzene rings is 2. The van der Waals surface area contributed by atoms with Crippen LogP contribution in [0.3, 0.4) is 0 Å². The lowest BCUT2D eigenvalue weighted by Crippen LogP contribution is -2.48. The van der Waals surface area contributed by atoms with Crippen LogP contribution in [0.5, 0.6) is 17.2 Å². The molecule has 0 aliphatic rings. The van der Waals surface area contributed by atoms with E-state index in [0.717, 1.165) is 5.56 Å². The molecule has 0 saturated heterocycles. The number of rotatable bonds is 8. The van der Waals surface area contributed by atoms with Gasteiger partial charge in [0, 0.05) is 13.1 Å². The van der Waals surface area contributed by atoms with Crippen LogP contribution in [0.25, 0.3) is 0 Å². The predicted octanol–water partition coefficient (Wildman–Crippen LogP) is 4.05. The Morgan fingerprint density at radius 2 is 1.67 bits per heavy atom. The molecule has 2 aromatic carbocycles. The summed E-state index contributed by atoms with van der Waals surface area (Å²) in [6.07, 6.45) is 0. The second-order valence-electron chi connectivity index (χ2n) is 6.57. The number of ether oxygens (including phenoxy) is 3. The molecular weight excluding hydrogens is 349 g/mol. The zero-order chi connectivity index (χ0) is 20.0. The van der Waals surface area contributed by atoms with Crippen LogP contribution in [0, 0.1) is 5.82 Å². The Morgan fingerprint density at radius 1 is 1.04 bits per heavy atom. The molecule has 5 nitrogen and oxygen atoms in total. The van der Waals surface area contributed by atoms with E-state index in [1.807, 2.05) is 25.1 Å². The first-order chi connectivity index (χ1) is 12.8. The molecule has 146 valence electrons. The maximum atomic E-state index is 13.1. The van der Waals surface area contributed by atoms with Gasteiger partial charge in [-0.3, -0.25) is 4.79 Å². The van der Waals surface area contributed by atoms with Gasteiger partial charge in [-0.05, 0) is 62.7 Å². The van der Waals surface area contributed by atoms with Crippen LogP contribution < -0.4 is 14.2 Å². The summed E-state index contributed by atoms with van der Waals surface area (Å²) < 4.78 is 29.5. The van der Waals surface area contributed by atoms with Gasteiger partial charge in [0.2, 0.25) is 0 Å². The fourth-order valence-corrected chi connectivity index (χ4v) is 2.75. The highest BCUT2D eigenvalue weighted by atomic mass is 19.1. The minimum Gasteiger partial charge on any atom is -0.493 e. The summed E-state index contributed by atoms with van der Waals surface area (Å²) >= 11 is 0. The van der Waals surface area contributed by atoms with Crippen molar-refractivity contribution in [1.82, 2.24) is 4.90 Å². The third-order valence-corrected chi connectivity index (χ3v) is 4.19. The molecule has 0 aromatic heterocycles. The molecule has 0 N–H and O–H groups in total. The Kier molecular flexibility index (Phi) is 6.66. The molecule has 0 aliphatic carbocycles. The summed E-state index contributed by atoms with van der Waals surface area (Å²) in [5.41, 5.74) is -0.176. The van der Waals surface area contributed by atoms with Crippen molar-refractivity contribution in [3.63, 3.8) is 0 Å². The van der Waals surface area contributed by atoms with E-state index in [1.165, 1.54) is 24.3 Å². The van der Waals surface area contributed by atoms with Crippen LogP contribution in [0.15, 0.2) is 42.5 Å². The molecule has 1 amide bonds. The van der Waals surface area contributed by atoms with Gasteiger partial charge >= 0.3 is 0 Å². The molecule has 0 saturated carbocycles. The van der Waals surface area contributed by atoms with Crippen LogP contribution in [0.2, 0.25) is 0 Å². The van der Waals surface area contributed by atoms with Gasteiger partial charge in [0.25, 0.3) is 5.91 Å². The van der Waals surface area contributed by atoms with Crippen LogP contribution in [-0.4, -0.2) is 37.2 Å². The SMILES string of the molecule is CCN(Cc1ccc(OC)c(OC)c1)C(=O)C(C)(C)Oc1ccc(F)cc1. The van der Waals surface area contributed by atoms with E-state index >= 15 is 0 Å². The second-order valence-corrected chi connectivity index (χ2v) is 6.57. The van der Waals surface area contributed by atoms with Gasteiger partial charge < -0.3 is 19.1 Å². The maximum Gasteiger partial charge on any atom is 0.266 e. The number of carbonyl (C=O) groups is 1. The van der Waals surface area contributed by atoms with Crippen LogP contribution in [-0.2, 0) is 11.3 Å². The van der Waals surface area contributed by atoms with Gasteiger partial charge in [0.15, 0.2) is 17.1 Å². The van der Waals surface area contributed by atoms with E-state index in [4.69, 9.17) is 14.2 Å². The Morgan fingerprint density at radius 3 is 2.22 bits per heavy atom. The number of carbonyl (C=O) groups excluding carboxylic acids is 1. The van der Waals surface area contributed by atoms with Gasteiger partial charge in [-0.25, -0.2) is 4.39 Å². The molecule has 0 spiro atoms. The van der Waals surface area contributed by atoms with Crippen LogP contribution >= 0.6 is 0 Å². The van der Waals surface area contributed by atoms with Crippen LogP contribution in [0.4, 0.5) is 4.39 Å².